The lowest BCUT2D eigenvalue weighted by molar-refractivity contribution is -0.0953. The van der Waals surface area contributed by atoms with Crippen LogP contribution in [0.4, 0.5) is 9.59 Å². The van der Waals surface area contributed by atoms with Gasteiger partial charge in [-0.05, 0) is 43.0 Å². The van der Waals surface area contributed by atoms with Crippen molar-refractivity contribution in [1.82, 2.24) is 10.2 Å². The van der Waals surface area contributed by atoms with E-state index in [-0.39, 0.29) is 32.2 Å². The molecule has 0 unspecified atom stereocenters. The molecule has 1 aliphatic heterocycles. The molecule has 1 aliphatic carbocycles. The van der Waals surface area contributed by atoms with Gasteiger partial charge in [0.15, 0.2) is 0 Å². The van der Waals surface area contributed by atoms with Crippen LogP contribution in [0.2, 0.25) is 0 Å². The van der Waals surface area contributed by atoms with E-state index in [9.17, 15) is 14.7 Å². The van der Waals surface area contributed by atoms with Gasteiger partial charge in [-0.25, -0.2) is 9.59 Å². The lowest BCUT2D eigenvalue weighted by Crippen LogP contribution is -2.68. The van der Waals surface area contributed by atoms with E-state index < -0.39 is 23.4 Å². The summed E-state index contributed by atoms with van der Waals surface area (Å²) in [7, 11) is 0. The summed E-state index contributed by atoms with van der Waals surface area (Å²) in [6.07, 6.45) is -1.07. The molecule has 1 fully saturated rings. The van der Waals surface area contributed by atoms with Gasteiger partial charge in [-0.3, -0.25) is 0 Å². The fraction of sp³-hybridized carbons (Fsp3) is 0.417. The Morgan fingerprint density at radius 3 is 2.16 bits per heavy atom. The number of carbonyl (C=O) groups is 2. The Balaban J connectivity index is 1.28. The van der Waals surface area contributed by atoms with Crippen LogP contribution in [0.25, 0.3) is 11.1 Å². The van der Waals surface area contributed by atoms with E-state index in [1.165, 1.54) is 4.90 Å². The van der Waals surface area contributed by atoms with Crippen LogP contribution >= 0.6 is 0 Å². The number of hydrogen-bond acceptors (Lipinski definition) is 5. The molecule has 0 spiro atoms. The minimum absolute atomic E-state index is 0.00295. The quantitative estimate of drug-likeness (QED) is 0.784. The maximum Gasteiger partial charge on any atom is 0.410 e. The zero-order chi connectivity index (χ0) is 22.2. The van der Waals surface area contributed by atoms with Gasteiger partial charge in [0.25, 0.3) is 0 Å². The van der Waals surface area contributed by atoms with Gasteiger partial charge in [-0.2, -0.15) is 0 Å². The molecule has 1 saturated heterocycles. The summed E-state index contributed by atoms with van der Waals surface area (Å²) in [5.74, 6) is -0.0207. The van der Waals surface area contributed by atoms with Crippen molar-refractivity contribution in [3.05, 3.63) is 59.7 Å². The Bertz CT molecular complexity index is 946. The van der Waals surface area contributed by atoms with Crippen LogP contribution in [0.15, 0.2) is 48.5 Å². The van der Waals surface area contributed by atoms with E-state index in [1.54, 1.807) is 20.8 Å². The maximum absolute atomic E-state index is 12.3. The first-order valence-electron chi connectivity index (χ1n) is 10.4. The van der Waals surface area contributed by atoms with Crippen LogP contribution in [-0.4, -0.2) is 59.6 Å². The lowest BCUT2D eigenvalue weighted by atomic mass is 9.95. The molecule has 0 aromatic heterocycles. The predicted molar refractivity (Wildman–Crippen MR) is 116 cm³/mol. The standard InChI is InChI=1S/C24H28N2O5/c1-23(2,3)31-22(28)26-14-24(29,15-26)13-25-21(27)30-12-20-18-10-6-4-8-16(18)17-9-5-7-11-19(17)20/h4-11,20,29H,12-15H2,1-3H3,(H,25,27). The molecule has 0 bridgehead atoms. The molecule has 31 heavy (non-hydrogen) atoms. The van der Waals surface area contributed by atoms with Gasteiger partial charge in [0, 0.05) is 5.92 Å². The molecule has 2 aromatic carbocycles. The largest absolute Gasteiger partial charge is 0.449 e. The second-order valence-electron chi connectivity index (χ2n) is 9.24. The summed E-state index contributed by atoms with van der Waals surface area (Å²) in [6, 6.07) is 16.3. The van der Waals surface area contributed by atoms with Gasteiger partial charge in [0.1, 0.15) is 17.8 Å². The Hall–Kier alpha value is -3.06. The zero-order valence-electron chi connectivity index (χ0n) is 18.1. The molecule has 2 amide bonds. The van der Waals surface area contributed by atoms with Gasteiger partial charge >= 0.3 is 12.2 Å². The van der Waals surface area contributed by atoms with Gasteiger partial charge in [-0.15, -0.1) is 0 Å². The highest BCUT2D eigenvalue weighted by Crippen LogP contribution is 2.44. The number of likely N-dealkylation sites (tertiary alicyclic amines) is 1. The summed E-state index contributed by atoms with van der Waals surface area (Å²) >= 11 is 0. The average Bonchev–Trinajstić information content (AvgIpc) is 3.01. The number of benzene rings is 2. The molecule has 0 saturated carbocycles. The van der Waals surface area contributed by atoms with Crippen LogP contribution in [0.5, 0.6) is 0 Å². The van der Waals surface area contributed by atoms with Crippen molar-refractivity contribution in [2.45, 2.75) is 37.9 Å². The Morgan fingerprint density at radius 1 is 1.06 bits per heavy atom. The van der Waals surface area contributed by atoms with Gasteiger partial charge < -0.3 is 24.8 Å². The van der Waals surface area contributed by atoms with Crippen LogP contribution in [-0.2, 0) is 9.47 Å². The van der Waals surface area contributed by atoms with Crippen molar-refractivity contribution in [1.29, 1.82) is 0 Å². The number of amides is 2. The van der Waals surface area contributed by atoms with Crippen molar-refractivity contribution < 1.29 is 24.2 Å². The molecule has 7 nitrogen and oxygen atoms in total. The maximum atomic E-state index is 12.3. The van der Waals surface area contributed by atoms with Crippen LogP contribution in [0.1, 0.15) is 37.8 Å². The molecular formula is C24H28N2O5. The normalized spacial score (nSPS) is 16.7. The van der Waals surface area contributed by atoms with E-state index in [0.717, 1.165) is 22.3 Å². The number of hydrogen-bond donors (Lipinski definition) is 2. The average molecular weight is 424 g/mol. The number of nitrogens with zero attached hydrogens (tertiary/aromatic N) is 1. The summed E-state index contributed by atoms with van der Waals surface area (Å²) < 4.78 is 10.8. The predicted octanol–water partition coefficient (Wildman–Crippen LogP) is 3.51. The number of rotatable bonds is 4. The van der Waals surface area contributed by atoms with Crippen LogP contribution < -0.4 is 5.32 Å². The van der Waals surface area contributed by atoms with Gasteiger partial charge in [-0.1, -0.05) is 48.5 Å². The number of aliphatic hydroxyl groups is 1. The number of carbonyl (C=O) groups excluding carboxylic acids is 2. The van der Waals surface area contributed by atoms with Gasteiger partial charge in [0.2, 0.25) is 0 Å². The third kappa shape index (κ3) is 4.51. The fourth-order valence-corrected chi connectivity index (χ4v) is 4.12. The van der Waals surface area contributed by atoms with E-state index in [1.807, 2.05) is 24.3 Å². The van der Waals surface area contributed by atoms with Crippen molar-refractivity contribution in [3.8, 4) is 11.1 Å². The molecular weight excluding hydrogens is 396 g/mol. The van der Waals surface area contributed by atoms with Crippen LogP contribution in [0.3, 0.4) is 0 Å². The highest BCUT2D eigenvalue weighted by atomic mass is 16.6. The Morgan fingerprint density at radius 2 is 1.61 bits per heavy atom. The summed E-state index contributed by atoms with van der Waals surface area (Å²) in [6.45, 7) is 5.78. The second-order valence-corrected chi connectivity index (χ2v) is 9.24. The molecule has 4 rings (SSSR count). The molecule has 0 radical (unpaired) electrons. The molecule has 7 heteroatoms. The Kier molecular flexibility index (Phi) is 5.39. The molecule has 0 atom stereocenters. The lowest BCUT2D eigenvalue weighted by Gasteiger charge is -2.46. The summed E-state index contributed by atoms with van der Waals surface area (Å²) in [5, 5.41) is 13.1. The van der Waals surface area contributed by atoms with Crippen LogP contribution in [0, 0.1) is 0 Å². The van der Waals surface area contributed by atoms with E-state index in [2.05, 4.69) is 29.6 Å². The van der Waals surface area contributed by atoms with Gasteiger partial charge in [0.05, 0.1) is 19.6 Å². The topological polar surface area (TPSA) is 88.1 Å². The molecule has 2 N–H and O–H groups in total. The minimum atomic E-state index is -1.18. The molecule has 164 valence electrons. The summed E-state index contributed by atoms with van der Waals surface area (Å²) in [4.78, 5) is 25.7. The third-order valence-electron chi connectivity index (χ3n) is 5.53. The van der Waals surface area contributed by atoms with Crippen molar-refractivity contribution in [2.24, 2.45) is 0 Å². The molecule has 2 aliphatic rings. The first-order chi connectivity index (χ1) is 14.7. The zero-order valence-corrected chi connectivity index (χ0v) is 18.1. The minimum Gasteiger partial charge on any atom is -0.449 e. The van der Waals surface area contributed by atoms with Crippen molar-refractivity contribution >= 4 is 12.2 Å². The smallest absolute Gasteiger partial charge is 0.410 e. The van der Waals surface area contributed by atoms with Crippen molar-refractivity contribution in [3.63, 3.8) is 0 Å². The number of nitrogens with one attached hydrogen (secondary N) is 1. The number of fused-ring (bicyclic) bond motifs is 3. The second kappa shape index (κ2) is 7.89. The van der Waals surface area contributed by atoms with E-state index in [0.29, 0.717) is 0 Å². The monoisotopic (exact) mass is 424 g/mol. The molecule has 1 heterocycles. The number of alkyl carbamates (subject to hydrolysis) is 1. The molecule has 2 aromatic rings. The number of ether oxygens (including phenoxy) is 2. The first-order valence-corrected chi connectivity index (χ1v) is 10.4. The highest BCUT2D eigenvalue weighted by Gasteiger charge is 2.45. The fourth-order valence-electron chi connectivity index (χ4n) is 4.12. The third-order valence-corrected chi connectivity index (χ3v) is 5.53. The SMILES string of the molecule is CC(C)(C)OC(=O)N1CC(O)(CNC(=O)OCC2c3ccccc3-c3ccccc32)C1. The van der Waals surface area contributed by atoms with Crippen molar-refractivity contribution in [2.75, 3.05) is 26.2 Å². The number of β-amino-alcohol motifs (C(OH)–C–C–N with tert-alkyl or cyclic N) is 1. The van der Waals surface area contributed by atoms with E-state index >= 15 is 0 Å². The first kappa shape index (κ1) is 21.2. The Labute approximate surface area is 182 Å². The summed E-state index contributed by atoms with van der Waals surface area (Å²) in [5.41, 5.74) is 2.84. The van der Waals surface area contributed by atoms with E-state index in [4.69, 9.17) is 9.47 Å². The highest BCUT2D eigenvalue weighted by molar-refractivity contribution is 5.79.